The van der Waals surface area contributed by atoms with Crippen LogP contribution in [0.5, 0.6) is 0 Å². The van der Waals surface area contributed by atoms with E-state index in [1.54, 1.807) is 4.68 Å². The molecule has 0 aliphatic carbocycles. The van der Waals surface area contributed by atoms with Gasteiger partial charge in [-0.05, 0) is 20.3 Å². The maximum Gasteiger partial charge on any atom is 0.314 e. The van der Waals surface area contributed by atoms with E-state index in [9.17, 15) is 4.79 Å². The summed E-state index contributed by atoms with van der Waals surface area (Å²) in [6.45, 7) is 5.73. The number of carbonyl (C=O) groups is 1. The summed E-state index contributed by atoms with van der Waals surface area (Å²) in [6, 6.07) is 0.140. The normalized spacial score (nSPS) is 13.1. The molecular weight excluding hydrogens is 182 g/mol. The SMILES string of the molecule is CCC(C(=O)O)c1ncnn1C(C)C. The average Bonchev–Trinajstić information content (AvgIpc) is 2.53. The van der Waals surface area contributed by atoms with Gasteiger partial charge in [0.05, 0.1) is 0 Å². The number of hydrogen-bond acceptors (Lipinski definition) is 3. The van der Waals surface area contributed by atoms with Crippen LogP contribution in [0.2, 0.25) is 0 Å². The van der Waals surface area contributed by atoms with Gasteiger partial charge in [-0.1, -0.05) is 6.92 Å². The van der Waals surface area contributed by atoms with Gasteiger partial charge in [0.15, 0.2) is 0 Å². The zero-order chi connectivity index (χ0) is 10.7. The lowest BCUT2D eigenvalue weighted by Crippen LogP contribution is -2.18. The molecule has 1 heterocycles. The minimum Gasteiger partial charge on any atom is -0.481 e. The second-order valence-corrected chi connectivity index (χ2v) is 3.46. The molecule has 5 heteroatoms. The molecule has 0 amide bonds. The third-order valence-corrected chi connectivity index (χ3v) is 2.11. The molecule has 78 valence electrons. The van der Waals surface area contributed by atoms with Gasteiger partial charge in [-0.15, -0.1) is 0 Å². The van der Waals surface area contributed by atoms with E-state index in [1.165, 1.54) is 6.33 Å². The number of carboxylic acids is 1. The molecular formula is C9H15N3O2. The van der Waals surface area contributed by atoms with E-state index in [-0.39, 0.29) is 6.04 Å². The number of aliphatic carboxylic acids is 1. The van der Waals surface area contributed by atoms with Gasteiger partial charge in [-0.2, -0.15) is 5.10 Å². The van der Waals surface area contributed by atoms with Crippen molar-refractivity contribution in [2.45, 2.75) is 39.2 Å². The van der Waals surface area contributed by atoms with Gasteiger partial charge in [0.1, 0.15) is 18.1 Å². The van der Waals surface area contributed by atoms with Gasteiger partial charge >= 0.3 is 5.97 Å². The van der Waals surface area contributed by atoms with Crippen LogP contribution >= 0.6 is 0 Å². The molecule has 1 unspecified atom stereocenters. The van der Waals surface area contributed by atoms with Crippen molar-refractivity contribution in [3.63, 3.8) is 0 Å². The van der Waals surface area contributed by atoms with E-state index in [1.807, 2.05) is 20.8 Å². The Labute approximate surface area is 82.8 Å². The smallest absolute Gasteiger partial charge is 0.314 e. The van der Waals surface area contributed by atoms with Crippen LogP contribution in [-0.2, 0) is 4.79 Å². The van der Waals surface area contributed by atoms with Gasteiger partial charge in [-0.3, -0.25) is 4.79 Å². The molecule has 0 spiro atoms. The summed E-state index contributed by atoms with van der Waals surface area (Å²) in [4.78, 5) is 14.9. The molecule has 1 N–H and O–H groups in total. The Morgan fingerprint density at radius 3 is 2.71 bits per heavy atom. The average molecular weight is 197 g/mol. The minimum absolute atomic E-state index is 0.140. The number of hydrogen-bond donors (Lipinski definition) is 1. The second-order valence-electron chi connectivity index (χ2n) is 3.46. The highest BCUT2D eigenvalue weighted by atomic mass is 16.4. The van der Waals surface area contributed by atoms with E-state index >= 15 is 0 Å². The number of rotatable bonds is 4. The molecule has 1 aromatic rings. The number of carboxylic acid groups (broad SMARTS) is 1. The molecule has 1 aromatic heterocycles. The van der Waals surface area contributed by atoms with E-state index in [0.29, 0.717) is 12.2 Å². The van der Waals surface area contributed by atoms with Crippen molar-refractivity contribution in [1.82, 2.24) is 14.8 Å². The first-order valence-electron chi connectivity index (χ1n) is 4.70. The van der Waals surface area contributed by atoms with Crippen molar-refractivity contribution in [3.05, 3.63) is 12.2 Å². The minimum atomic E-state index is -0.845. The first kappa shape index (κ1) is 10.7. The Bertz CT molecular complexity index is 320. The molecule has 0 aromatic carbocycles. The van der Waals surface area contributed by atoms with Crippen LogP contribution in [0.4, 0.5) is 0 Å². The largest absolute Gasteiger partial charge is 0.481 e. The molecule has 0 aliphatic rings. The fourth-order valence-corrected chi connectivity index (χ4v) is 1.37. The summed E-state index contributed by atoms with van der Waals surface area (Å²) >= 11 is 0. The van der Waals surface area contributed by atoms with E-state index in [2.05, 4.69) is 10.1 Å². The molecule has 5 nitrogen and oxygen atoms in total. The molecule has 0 bridgehead atoms. The summed E-state index contributed by atoms with van der Waals surface area (Å²) in [5.74, 6) is -0.864. The lowest BCUT2D eigenvalue weighted by atomic mass is 10.1. The zero-order valence-electron chi connectivity index (χ0n) is 8.64. The van der Waals surface area contributed by atoms with Crippen LogP contribution in [0.3, 0.4) is 0 Å². The van der Waals surface area contributed by atoms with Crippen molar-refractivity contribution < 1.29 is 9.90 Å². The van der Waals surface area contributed by atoms with Crippen LogP contribution in [0.1, 0.15) is 45.0 Å². The molecule has 14 heavy (non-hydrogen) atoms. The fraction of sp³-hybridized carbons (Fsp3) is 0.667. The zero-order valence-corrected chi connectivity index (χ0v) is 8.64. The first-order valence-corrected chi connectivity index (χ1v) is 4.70. The third kappa shape index (κ3) is 1.92. The van der Waals surface area contributed by atoms with Crippen LogP contribution < -0.4 is 0 Å². The number of aromatic nitrogens is 3. The van der Waals surface area contributed by atoms with E-state index in [4.69, 9.17) is 5.11 Å². The van der Waals surface area contributed by atoms with Gasteiger partial charge in [0.25, 0.3) is 0 Å². The monoisotopic (exact) mass is 197 g/mol. The van der Waals surface area contributed by atoms with E-state index < -0.39 is 11.9 Å². The van der Waals surface area contributed by atoms with Gasteiger partial charge in [0.2, 0.25) is 0 Å². The third-order valence-electron chi connectivity index (χ3n) is 2.11. The highest BCUT2D eigenvalue weighted by molar-refractivity contribution is 5.74. The Hall–Kier alpha value is -1.39. The molecule has 0 radical (unpaired) electrons. The summed E-state index contributed by atoms with van der Waals surface area (Å²) in [7, 11) is 0. The van der Waals surface area contributed by atoms with Gasteiger partial charge < -0.3 is 5.11 Å². The molecule has 0 saturated carbocycles. The molecule has 0 saturated heterocycles. The first-order chi connectivity index (χ1) is 6.57. The van der Waals surface area contributed by atoms with Crippen molar-refractivity contribution >= 4 is 5.97 Å². The predicted molar refractivity (Wildman–Crippen MR) is 51.1 cm³/mol. The summed E-state index contributed by atoms with van der Waals surface area (Å²) < 4.78 is 1.66. The fourth-order valence-electron chi connectivity index (χ4n) is 1.37. The molecule has 0 aliphatic heterocycles. The summed E-state index contributed by atoms with van der Waals surface area (Å²) in [6.07, 6.45) is 1.93. The Kier molecular flexibility index (Phi) is 3.22. The van der Waals surface area contributed by atoms with Crippen LogP contribution in [0.25, 0.3) is 0 Å². The molecule has 0 fully saturated rings. The maximum atomic E-state index is 10.9. The van der Waals surface area contributed by atoms with Crippen molar-refractivity contribution in [2.75, 3.05) is 0 Å². The molecule has 1 rings (SSSR count). The highest BCUT2D eigenvalue weighted by Gasteiger charge is 2.23. The van der Waals surface area contributed by atoms with Gasteiger partial charge in [0, 0.05) is 6.04 Å². The van der Waals surface area contributed by atoms with Crippen LogP contribution in [-0.4, -0.2) is 25.8 Å². The van der Waals surface area contributed by atoms with Crippen LogP contribution in [0, 0.1) is 0 Å². The maximum absolute atomic E-state index is 10.9. The van der Waals surface area contributed by atoms with E-state index in [0.717, 1.165) is 0 Å². The lowest BCUT2D eigenvalue weighted by molar-refractivity contribution is -0.139. The number of nitrogens with zero attached hydrogens (tertiary/aromatic N) is 3. The summed E-state index contributed by atoms with van der Waals surface area (Å²) in [5, 5.41) is 13.0. The van der Waals surface area contributed by atoms with Crippen molar-refractivity contribution in [1.29, 1.82) is 0 Å². The Balaban J connectivity index is 3.03. The Morgan fingerprint density at radius 1 is 1.64 bits per heavy atom. The van der Waals surface area contributed by atoms with Crippen molar-refractivity contribution in [2.24, 2.45) is 0 Å². The second kappa shape index (κ2) is 4.21. The van der Waals surface area contributed by atoms with Gasteiger partial charge in [-0.25, -0.2) is 9.67 Å². The Morgan fingerprint density at radius 2 is 2.29 bits per heavy atom. The predicted octanol–water partition coefficient (Wildman–Crippen LogP) is 1.44. The quantitative estimate of drug-likeness (QED) is 0.793. The lowest BCUT2D eigenvalue weighted by Gasteiger charge is -2.13. The standard InChI is InChI=1S/C9H15N3O2/c1-4-7(9(13)14)8-10-5-11-12(8)6(2)3/h5-7H,4H2,1-3H3,(H,13,14). The highest BCUT2D eigenvalue weighted by Crippen LogP contribution is 2.19. The molecule has 1 atom stereocenters. The summed E-state index contributed by atoms with van der Waals surface area (Å²) in [5.41, 5.74) is 0. The topological polar surface area (TPSA) is 68.0 Å². The van der Waals surface area contributed by atoms with Crippen LogP contribution in [0.15, 0.2) is 6.33 Å². The van der Waals surface area contributed by atoms with Crippen molar-refractivity contribution in [3.8, 4) is 0 Å².